The van der Waals surface area contributed by atoms with E-state index < -0.39 is 12.6 Å². The molecule has 0 N–H and O–H groups in total. The van der Waals surface area contributed by atoms with E-state index >= 15 is 0 Å². The first kappa shape index (κ1) is 19.7. The number of anilines is 1. The third kappa shape index (κ3) is 5.44. The molecule has 0 atom stereocenters. The van der Waals surface area contributed by atoms with Crippen molar-refractivity contribution in [3.63, 3.8) is 0 Å². The minimum atomic E-state index is -0.837. The van der Waals surface area contributed by atoms with Crippen LogP contribution in [0.5, 0.6) is 5.75 Å². The first-order chi connectivity index (χ1) is 12.9. The smallest absolute Gasteiger partial charge is 0.349 e. The van der Waals surface area contributed by atoms with Crippen LogP contribution in [0.3, 0.4) is 0 Å². The second kappa shape index (κ2) is 9.20. The van der Waals surface area contributed by atoms with Gasteiger partial charge in [-0.15, -0.1) is 0 Å². The van der Waals surface area contributed by atoms with Gasteiger partial charge in [-0.3, -0.25) is 4.79 Å². The summed E-state index contributed by atoms with van der Waals surface area (Å²) in [6, 6.07) is 15.6. The molecular weight excluding hydrogens is 344 g/mol. The van der Waals surface area contributed by atoms with Gasteiger partial charge in [0.1, 0.15) is 17.4 Å². The SMILES string of the molecule is COc1ccc(C(=O)COC(=O)/C(C#N)=C/c2ccc(N(C)C)cc2)cc1. The lowest BCUT2D eigenvalue weighted by Gasteiger charge is -2.11. The van der Waals surface area contributed by atoms with E-state index in [-0.39, 0.29) is 11.4 Å². The molecule has 0 bridgehead atoms. The van der Waals surface area contributed by atoms with Crippen LogP contribution >= 0.6 is 0 Å². The Hall–Kier alpha value is -3.59. The Kier molecular flexibility index (Phi) is 6.73. The Balaban J connectivity index is 2.01. The minimum absolute atomic E-state index is 0.171. The Bertz CT molecular complexity index is 876. The van der Waals surface area contributed by atoms with E-state index in [1.807, 2.05) is 37.2 Å². The molecule has 6 nitrogen and oxygen atoms in total. The fourth-order valence-electron chi connectivity index (χ4n) is 2.24. The number of ether oxygens (including phenoxy) is 2. The Labute approximate surface area is 158 Å². The molecule has 2 aromatic carbocycles. The molecule has 0 aliphatic carbocycles. The quantitative estimate of drug-likeness (QED) is 0.325. The Morgan fingerprint density at radius 3 is 2.22 bits per heavy atom. The maximum Gasteiger partial charge on any atom is 0.349 e. The average molecular weight is 364 g/mol. The third-order valence-corrected chi connectivity index (χ3v) is 3.81. The fraction of sp³-hybridized carbons (Fsp3) is 0.190. The van der Waals surface area contributed by atoms with Crippen LogP contribution in [0.25, 0.3) is 6.08 Å². The molecule has 6 heteroatoms. The van der Waals surface area contributed by atoms with Gasteiger partial charge < -0.3 is 14.4 Å². The van der Waals surface area contributed by atoms with Crippen LogP contribution < -0.4 is 9.64 Å². The van der Waals surface area contributed by atoms with E-state index in [1.54, 1.807) is 36.4 Å². The van der Waals surface area contributed by atoms with Crippen molar-refractivity contribution >= 4 is 23.5 Å². The summed E-state index contributed by atoms with van der Waals surface area (Å²) in [5.74, 6) is -0.576. The van der Waals surface area contributed by atoms with Crippen LogP contribution in [0.1, 0.15) is 15.9 Å². The predicted molar refractivity (Wildman–Crippen MR) is 103 cm³/mol. The van der Waals surface area contributed by atoms with Crippen molar-refractivity contribution in [3.05, 3.63) is 65.2 Å². The summed E-state index contributed by atoms with van der Waals surface area (Å²) >= 11 is 0. The molecule has 0 heterocycles. The first-order valence-electron chi connectivity index (χ1n) is 8.18. The number of hydrogen-bond donors (Lipinski definition) is 0. The van der Waals surface area contributed by atoms with Crippen LogP contribution in [0.2, 0.25) is 0 Å². The molecule has 138 valence electrons. The number of nitriles is 1. The van der Waals surface area contributed by atoms with Gasteiger partial charge in [-0.05, 0) is 48.0 Å². The highest BCUT2D eigenvalue weighted by Crippen LogP contribution is 2.15. The maximum absolute atomic E-state index is 12.1. The minimum Gasteiger partial charge on any atom is -0.497 e. The summed E-state index contributed by atoms with van der Waals surface area (Å²) < 4.78 is 10.0. The molecule has 0 radical (unpaired) electrons. The van der Waals surface area contributed by atoms with Gasteiger partial charge >= 0.3 is 5.97 Å². The number of esters is 1. The highest BCUT2D eigenvalue weighted by Gasteiger charge is 2.14. The summed E-state index contributed by atoms with van der Waals surface area (Å²) in [6.45, 7) is -0.441. The Morgan fingerprint density at radius 1 is 1.07 bits per heavy atom. The van der Waals surface area contributed by atoms with E-state index in [4.69, 9.17) is 9.47 Å². The van der Waals surface area contributed by atoms with E-state index in [9.17, 15) is 14.9 Å². The molecule has 0 aromatic heterocycles. The van der Waals surface area contributed by atoms with E-state index in [1.165, 1.54) is 13.2 Å². The van der Waals surface area contributed by atoms with E-state index in [0.29, 0.717) is 16.9 Å². The fourth-order valence-corrected chi connectivity index (χ4v) is 2.24. The molecule has 0 amide bonds. The molecule has 0 unspecified atom stereocenters. The van der Waals surface area contributed by atoms with Crippen LogP contribution in [0, 0.1) is 11.3 Å². The summed E-state index contributed by atoms with van der Waals surface area (Å²) in [5, 5.41) is 9.21. The number of Topliss-reactive ketones (excluding diaryl/α,β-unsaturated/α-hetero) is 1. The van der Waals surface area contributed by atoms with Crippen molar-refractivity contribution in [1.29, 1.82) is 5.26 Å². The van der Waals surface area contributed by atoms with Crippen LogP contribution in [0.4, 0.5) is 5.69 Å². The molecule has 2 rings (SSSR count). The number of nitrogens with zero attached hydrogens (tertiary/aromatic N) is 2. The van der Waals surface area contributed by atoms with Crippen molar-refractivity contribution < 1.29 is 19.1 Å². The van der Waals surface area contributed by atoms with Crippen molar-refractivity contribution in [2.24, 2.45) is 0 Å². The van der Waals surface area contributed by atoms with E-state index in [0.717, 1.165) is 5.69 Å². The first-order valence-corrected chi connectivity index (χ1v) is 8.18. The summed E-state index contributed by atoms with van der Waals surface area (Å²) in [7, 11) is 5.37. The number of ketones is 1. The van der Waals surface area contributed by atoms with Gasteiger partial charge in [0.25, 0.3) is 0 Å². The molecule has 0 saturated carbocycles. The monoisotopic (exact) mass is 364 g/mol. The summed E-state index contributed by atoms with van der Waals surface area (Å²) in [6.07, 6.45) is 1.43. The Morgan fingerprint density at radius 2 is 1.70 bits per heavy atom. The average Bonchev–Trinajstić information content (AvgIpc) is 2.70. The third-order valence-electron chi connectivity index (χ3n) is 3.81. The van der Waals surface area contributed by atoms with Crippen molar-refractivity contribution in [3.8, 4) is 11.8 Å². The van der Waals surface area contributed by atoms with Crippen molar-refractivity contribution in [2.75, 3.05) is 32.7 Å². The topological polar surface area (TPSA) is 79.6 Å². The van der Waals surface area contributed by atoms with Crippen LogP contribution in [0.15, 0.2) is 54.1 Å². The lowest BCUT2D eigenvalue weighted by Crippen LogP contribution is -2.15. The van der Waals surface area contributed by atoms with Gasteiger partial charge in [0.2, 0.25) is 0 Å². The zero-order chi connectivity index (χ0) is 19.8. The molecule has 0 aliphatic heterocycles. The van der Waals surface area contributed by atoms with Gasteiger partial charge in [-0.1, -0.05) is 12.1 Å². The molecule has 2 aromatic rings. The van der Waals surface area contributed by atoms with E-state index in [2.05, 4.69) is 0 Å². The standard InChI is InChI=1S/C21H20N2O4/c1-23(2)18-8-4-15(5-9-18)12-17(13-22)21(25)27-14-20(24)16-6-10-19(26-3)11-7-16/h4-12H,14H2,1-3H3/b17-12+. The lowest BCUT2D eigenvalue weighted by atomic mass is 10.1. The number of carbonyl (C=O) groups is 2. The second-order valence-corrected chi connectivity index (χ2v) is 5.88. The van der Waals surface area contributed by atoms with Crippen LogP contribution in [-0.2, 0) is 9.53 Å². The lowest BCUT2D eigenvalue weighted by molar-refractivity contribution is -0.137. The van der Waals surface area contributed by atoms with Crippen molar-refractivity contribution in [2.45, 2.75) is 0 Å². The highest BCUT2D eigenvalue weighted by molar-refractivity contribution is 6.01. The second-order valence-electron chi connectivity index (χ2n) is 5.88. The predicted octanol–water partition coefficient (Wildman–Crippen LogP) is 3.09. The molecule has 0 aliphatic rings. The molecule has 0 saturated heterocycles. The normalized spacial score (nSPS) is 10.7. The van der Waals surface area contributed by atoms with Gasteiger partial charge in [-0.25, -0.2) is 4.79 Å². The highest BCUT2D eigenvalue weighted by atomic mass is 16.5. The van der Waals surface area contributed by atoms with Gasteiger partial charge in [0.05, 0.1) is 7.11 Å². The van der Waals surface area contributed by atoms with Gasteiger partial charge in [0, 0.05) is 25.3 Å². The summed E-state index contributed by atoms with van der Waals surface area (Å²) in [4.78, 5) is 26.1. The zero-order valence-electron chi connectivity index (χ0n) is 15.4. The number of methoxy groups -OCH3 is 1. The molecule has 27 heavy (non-hydrogen) atoms. The summed E-state index contributed by atoms with van der Waals surface area (Å²) in [5.41, 5.74) is 1.91. The maximum atomic E-state index is 12.1. The molecule has 0 fully saturated rings. The number of hydrogen-bond acceptors (Lipinski definition) is 6. The van der Waals surface area contributed by atoms with Gasteiger partial charge in [0.15, 0.2) is 12.4 Å². The van der Waals surface area contributed by atoms with Gasteiger partial charge in [-0.2, -0.15) is 5.26 Å². The van der Waals surface area contributed by atoms with Crippen molar-refractivity contribution in [1.82, 2.24) is 0 Å². The molecule has 0 spiro atoms. The van der Waals surface area contributed by atoms with Crippen LogP contribution in [-0.4, -0.2) is 39.6 Å². The zero-order valence-corrected chi connectivity index (χ0v) is 15.4. The largest absolute Gasteiger partial charge is 0.497 e. The number of rotatable bonds is 7. The number of carbonyl (C=O) groups excluding carboxylic acids is 2. The molecular formula is C21H20N2O4. The number of benzene rings is 2.